The molecule has 2 aromatic rings. The van der Waals surface area contributed by atoms with Crippen LogP contribution in [0.25, 0.3) is 0 Å². The molecule has 1 amide bonds. The van der Waals surface area contributed by atoms with Gasteiger partial charge >= 0.3 is 0 Å². The van der Waals surface area contributed by atoms with Crippen LogP contribution in [0.1, 0.15) is 31.2 Å². The largest absolute Gasteiger partial charge is 0.299 e. The van der Waals surface area contributed by atoms with E-state index in [0.717, 1.165) is 11.1 Å². The van der Waals surface area contributed by atoms with Gasteiger partial charge in [-0.15, -0.1) is 11.3 Å². The molecule has 0 fully saturated rings. The predicted molar refractivity (Wildman–Crippen MR) is 81.2 cm³/mol. The van der Waals surface area contributed by atoms with E-state index >= 15 is 0 Å². The van der Waals surface area contributed by atoms with Gasteiger partial charge in [-0.1, -0.05) is 12.1 Å². The number of aryl methyl sites for hydroxylation is 1. The number of nitrogens with zero attached hydrogens (tertiary/aromatic N) is 1. The van der Waals surface area contributed by atoms with Crippen molar-refractivity contribution in [2.75, 3.05) is 11.4 Å². The van der Waals surface area contributed by atoms with Crippen molar-refractivity contribution in [1.82, 2.24) is 0 Å². The zero-order valence-corrected chi connectivity index (χ0v) is 12.5. The fraction of sp³-hybridized carbons (Fsp3) is 0.188. The standard InChI is InChI=1S/C16H13NO3S/c1-9-5-6-11-14(10(9)2)17(16(20)15(11)19)8-12(18)13-4-3-7-21-13/h3-7H,8H2,1-2H3. The minimum absolute atomic E-state index is 0.0949. The lowest BCUT2D eigenvalue weighted by Crippen LogP contribution is -2.34. The number of carbonyl (C=O) groups is 3. The Morgan fingerprint density at radius 3 is 2.62 bits per heavy atom. The zero-order chi connectivity index (χ0) is 15.1. The maximum absolute atomic E-state index is 12.2. The van der Waals surface area contributed by atoms with Gasteiger partial charge in [-0.2, -0.15) is 0 Å². The second-order valence-corrected chi connectivity index (χ2v) is 5.97. The molecule has 4 nitrogen and oxygen atoms in total. The second-order valence-electron chi connectivity index (χ2n) is 5.02. The first kappa shape index (κ1) is 13.7. The summed E-state index contributed by atoms with van der Waals surface area (Å²) in [4.78, 5) is 38.3. The Morgan fingerprint density at radius 2 is 1.95 bits per heavy atom. The minimum atomic E-state index is -0.622. The molecular formula is C16H13NO3S. The van der Waals surface area contributed by atoms with Crippen molar-refractivity contribution in [3.05, 3.63) is 51.2 Å². The third kappa shape index (κ3) is 2.10. The Hall–Kier alpha value is -2.27. The van der Waals surface area contributed by atoms with Crippen LogP contribution in [0.3, 0.4) is 0 Å². The van der Waals surface area contributed by atoms with Gasteiger partial charge in [0.25, 0.3) is 11.7 Å². The van der Waals surface area contributed by atoms with E-state index in [-0.39, 0.29) is 12.3 Å². The molecule has 0 saturated carbocycles. The summed E-state index contributed by atoms with van der Waals surface area (Å²) in [5, 5.41) is 1.81. The molecule has 0 unspecified atom stereocenters. The van der Waals surface area contributed by atoms with E-state index in [1.807, 2.05) is 25.3 Å². The third-order valence-corrected chi connectivity index (χ3v) is 4.66. The average molecular weight is 299 g/mol. The number of hydrogen-bond acceptors (Lipinski definition) is 4. The maximum atomic E-state index is 12.2. The lowest BCUT2D eigenvalue weighted by Gasteiger charge is -2.18. The summed E-state index contributed by atoms with van der Waals surface area (Å²) in [7, 11) is 0. The molecule has 0 aliphatic carbocycles. The number of fused-ring (bicyclic) bond motifs is 1. The van der Waals surface area contributed by atoms with Crippen molar-refractivity contribution in [1.29, 1.82) is 0 Å². The fourth-order valence-electron chi connectivity index (χ4n) is 2.48. The monoisotopic (exact) mass is 299 g/mol. The van der Waals surface area contributed by atoms with Crippen LogP contribution in [-0.2, 0) is 4.79 Å². The molecule has 5 heteroatoms. The lowest BCUT2D eigenvalue weighted by atomic mass is 10.0. The zero-order valence-electron chi connectivity index (χ0n) is 11.7. The number of ketones is 2. The quantitative estimate of drug-likeness (QED) is 0.647. The number of carbonyl (C=O) groups excluding carboxylic acids is 3. The molecular weight excluding hydrogens is 286 g/mol. The molecule has 1 aromatic carbocycles. The van der Waals surface area contributed by atoms with Crippen LogP contribution in [0, 0.1) is 13.8 Å². The van der Waals surface area contributed by atoms with E-state index in [2.05, 4.69) is 0 Å². The predicted octanol–water partition coefficient (Wildman–Crippen LogP) is 2.78. The summed E-state index contributed by atoms with van der Waals surface area (Å²) < 4.78 is 0. The van der Waals surface area contributed by atoms with Crippen molar-refractivity contribution >= 4 is 34.5 Å². The van der Waals surface area contributed by atoms with Crippen LogP contribution in [0.4, 0.5) is 5.69 Å². The molecule has 21 heavy (non-hydrogen) atoms. The third-order valence-electron chi connectivity index (χ3n) is 3.75. The van der Waals surface area contributed by atoms with Crippen LogP contribution in [0.15, 0.2) is 29.6 Å². The molecule has 0 spiro atoms. The normalized spacial score (nSPS) is 13.7. The smallest absolute Gasteiger partial charge is 0.297 e. The highest BCUT2D eigenvalue weighted by Crippen LogP contribution is 2.34. The number of hydrogen-bond donors (Lipinski definition) is 0. The van der Waals surface area contributed by atoms with E-state index < -0.39 is 11.7 Å². The number of amides is 1. The summed E-state index contributed by atoms with van der Waals surface area (Å²) in [6, 6.07) is 7.00. The summed E-state index contributed by atoms with van der Waals surface area (Å²) in [5.41, 5.74) is 2.83. The molecule has 0 bridgehead atoms. The summed E-state index contributed by atoms with van der Waals surface area (Å²) >= 11 is 1.33. The lowest BCUT2D eigenvalue weighted by molar-refractivity contribution is -0.114. The average Bonchev–Trinajstić information content (AvgIpc) is 3.07. The first-order valence-corrected chi connectivity index (χ1v) is 7.41. The fourth-order valence-corrected chi connectivity index (χ4v) is 3.14. The first-order valence-electron chi connectivity index (χ1n) is 6.54. The maximum Gasteiger partial charge on any atom is 0.299 e. The molecule has 1 aromatic heterocycles. The highest BCUT2D eigenvalue weighted by atomic mass is 32.1. The first-order chi connectivity index (χ1) is 10.0. The van der Waals surface area contributed by atoms with Crippen molar-refractivity contribution < 1.29 is 14.4 Å². The Kier molecular flexibility index (Phi) is 3.22. The highest BCUT2D eigenvalue weighted by molar-refractivity contribution is 7.12. The van der Waals surface area contributed by atoms with Gasteiger partial charge in [0.1, 0.15) is 0 Å². The van der Waals surface area contributed by atoms with E-state index in [1.54, 1.807) is 18.2 Å². The number of thiophene rings is 1. The van der Waals surface area contributed by atoms with Crippen molar-refractivity contribution in [2.24, 2.45) is 0 Å². The van der Waals surface area contributed by atoms with Crippen LogP contribution in [0.5, 0.6) is 0 Å². The molecule has 106 valence electrons. The minimum Gasteiger partial charge on any atom is -0.297 e. The van der Waals surface area contributed by atoms with Crippen LogP contribution in [-0.4, -0.2) is 24.0 Å². The van der Waals surface area contributed by atoms with E-state index in [9.17, 15) is 14.4 Å². The van der Waals surface area contributed by atoms with Gasteiger partial charge in [-0.3, -0.25) is 19.3 Å². The van der Waals surface area contributed by atoms with Crippen LogP contribution < -0.4 is 4.90 Å². The molecule has 0 saturated heterocycles. The highest BCUT2D eigenvalue weighted by Gasteiger charge is 2.38. The topological polar surface area (TPSA) is 54.5 Å². The van der Waals surface area contributed by atoms with E-state index in [1.165, 1.54) is 16.2 Å². The molecule has 0 N–H and O–H groups in total. The van der Waals surface area contributed by atoms with Crippen LogP contribution >= 0.6 is 11.3 Å². The van der Waals surface area contributed by atoms with Gasteiger partial charge in [0.15, 0.2) is 5.78 Å². The molecule has 1 aliphatic heterocycles. The van der Waals surface area contributed by atoms with Gasteiger partial charge in [-0.25, -0.2) is 0 Å². The molecule has 1 aliphatic rings. The Labute approximate surface area is 126 Å². The molecule has 2 heterocycles. The number of benzene rings is 1. The SMILES string of the molecule is Cc1ccc2c(c1C)N(CC(=O)c1cccs1)C(=O)C2=O. The van der Waals surface area contributed by atoms with Gasteiger partial charge in [-0.05, 0) is 42.5 Å². The van der Waals surface area contributed by atoms with Crippen molar-refractivity contribution in [2.45, 2.75) is 13.8 Å². The number of rotatable bonds is 3. The van der Waals surface area contributed by atoms with Crippen molar-refractivity contribution in [3.63, 3.8) is 0 Å². The van der Waals surface area contributed by atoms with Gasteiger partial charge in [0.05, 0.1) is 22.7 Å². The Balaban J connectivity index is 2.01. The molecule has 0 radical (unpaired) electrons. The van der Waals surface area contributed by atoms with Gasteiger partial charge in [0, 0.05) is 0 Å². The van der Waals surface area contributed by atoms with Gasteiger partial charge in [0.2, 0.25) is 0 Å². The Bertz CT molecular complexity index is 762. The Morgan fingerprint density at radius 1 is 1.19 bits per heavy atom. The van der Waals surface area contributed by atoms with E-state index in [4.69, 9.17) is 0 Å². The molecule has 0 atom stereocenters. The number of Topliss-reactive ketones (excluding diaryl/α,β-unsaturated/α-hetero) is 2. The summed E-state index contributed by atoms with van der Waals surface area (Å²) in [6.45, 7) is 3.69. The summed E-state index contributed by atoms with van der Waals surface area (Å²) in [5.74, 6) is -1.31. The van der Waals surface area contributed by atoms with E-state index in [0.29, 0.717) is 16.1 Å². The van der Waals surface area contributed by atoms with Crippen molar-refractivity contribution in [3.8, 4) is 0 Å². The van der Waals surface area contributed by atoms with Crippen LogP contribution in [0.2, 0.25) is 0 Å². The second kappa shape index (κ2) is 4.93. The number of anilines is 1. The van der Waals surface area contributed by atoms with Gasteiger partial charge < -0.3 is 0 Å². The molecule has 3 rings (SSSR count). The summed E-state index contributed by atoms with van der Waals surface area (Å²) in [6.07, 6.45) is 0.